The topological polar surface area (TPSA) is 106 Å². The standard InChI is InChI=1S/C24H19Cl2N3O5/c1-14-17(25)8-5-9-19(14)28-22(30)23(31)29-27-13-15-10-11-20(21(12-15)33-2)34-24(32)16-6-3-4-7-18(16)26/h3-13H,1-2H3,(H,28,30)(H,29,31)/b27-13+. The van der Waals surface area contributed by atoms with Crippen molar-refractivity contribution in [3.63, 3.8) is 0 Å². The van der Waals surface area contributed by atoms with Crippen LogP contribution in [0.5, 0.6) is 11.5 Å². The molecule has 0 aliphatic heterocycles. The Labute approximate surface area is 205 Å². The van der Waals surface area contributed by atoms with E-state index in [9.17, 15) is 14.4 Å². The first-order valence-corrected chi connectivity index (χ1v) is 10.6. The number of nitrogens with one attached hydrogen (secondary N) is 2. The molecular weight excluding hydrogens is 481 g/mol. The molecule has 34 heavy (non-hydrogen) atoms. The SMILES string of the molecule is COc1cc(/C=N/NC(=O)C(=O)Nc2cccc(Cl)c2C)ccc1OC(=O)c1ccccc1Cl. The zero-order chi connectivity index (χ0) is 24.7. The van der Waals surface area contributed by atoms with E-state index >= 15 is 0 Å². The number of ether oxygens (including phenoxy) is 2. The number of carbonyl (C=O) groups is 3. The van der Waals surface area contributed by atoms with Gasteiger partial charge in [0.1, 0.15) is 0 Å². The van der Waals surface area contributed by atoms with Crippen molar-refractivity contribution in [1.29, 1.82) is 0 Å². The minimum absolute atomic E-state index is 0.171. The zero-order valence-corrected chi connectivity index (χ0v) is 19.6. The van der Waals surface area contributed by atoms with E-state index in [0.29, 0.717) is 21.8 Å². The Balaban J connectivity index is 1.63. The maximum atomic E-state index is 12.4. The molecule has 3 rings (SSSR count). The highest BCUT2D eigenvalue weighted by atomic mass is 35.5. The molecule has 8 nitrogen and oxygen atoms in total. The van der Waals surface area contributed by atoms with Gasteiger partial charge in [0.15, 0.2) is 11.5 Å². The molecule has 0 bridgehead atoms. The van der Waals surface area contributed by atoms with Gasteiger partial charge in [0.05, 0.1) is 23.9 Å². The number of rotatable bonds is 6. The van der Waals surface area contributed by atoms with Crippen molar-refractivity contribution >= 4 is 52.9 Å². The summed E-state index contributed by atoms with van der Waals surface area (Å²) < 4.78 is 10.7. The van der Waals surface area contributed by atoms with Gasteiger partial charge in [-0.25, -0.2) is 10.2 Å². The molecule has 0 atom stereocenters. The summed E-state index contributed by atoms with van der Waals surface area (Å²) in [6, 6.07) is 16.1. The number of methoxy groups -OCH3 is 1. The molecule has 3 aromatic carbocycles. The molecule has 0 aromatic heterocycles. The van der Waals surface area contributed by atoms with Gasteiger partial charge >= 0.3 is 17.8 Å². The Kier molecular flexibility index (Phi) is 8.24. The number of esters is 1. The second-order valence-corrected chi connectivity index (χ2v) is 7.66. The Hall–Kier alpha value is -3.88. The fraction of sp³-hybridized carbons (Fsp3) is 0.0833. The quantitative estimate of drug-likeness (QED) is 0.169. The molecule has 10 heteroatoms. The van der Waals surface area contributed by atoms with Crippen molar-refractivity contribution in [3.8, 4) is 11.5 Å². The highest BCUT2D eigenvalue weighted by molar-refractivity contribution is 6.40. The monoisotopic (exact) mass is 499 g/mol. The van der Waals surface area contributed by atoms with Gasteiger partial charge in [0.25, 0.3) is 0 Å². The summed E-state index contributed by atoms with van der Waals surface area (Å²) in [6.45, 7) is 1.72. The van der Waals surface area contributed by atoms with Crippen LogP contribution in [0.25, 0.3) is 0 Å². The van der Waals surface area contributed by atoms with Crippen molar-refractivity contribution in [1.82, 2.24) is 5.43 Å². The lowest BCUT2D eigenvalue weighted by atomic mass is 10.2. The largest absolute Gasteiger partial charge is 0.493 e. The molecule has 2 N–H and O–H groups in total. The van der Waals surface area contributed by atoms with Crippen LogP contribution >= 0.6 is 23.2 Å². The molecule has 2 amide bonds. The molecule has 0 spiro atoms. The Morgan fingerprint density at radius 3 is 2.38 bits per heavy atom. The minimum Gasteiger partial charge on any atom is -0.493 e. The van der Waals surface area contributed by atoms with Gasteiger partial charge < -0.3 is 14.8 Å². The second-order valence-electron chi connectivity index (χ2n) is 6.85. The third-order valence-electron chi connectivity index (χ3n) is 4.59. The van der Waals surface area contributed by atoms with Crippen molar-refractivity contribution in [2.24, 2.45) is 5.10 Å². The van der Waals surface area contributed by atoms with E-state index in [1.807, 2.05) is 0 Å². The smallest absolute Gasteiger partial charge is 0.345 e. The minimum atomic E-state index is -0.965. The summed E-state index contributed by atoms with van der Waals surface area (Å²) in [5.41, 5.74) is 3.93. The van der Waals surface area contributed by atoms with E-state index in [0.717, 1.165) is 0 Å². The number of carbonyl (C=O) groups excluding carboxylic acids is 3. The van der Waals surface area contributed by atoms with Gasteiger partial charge in [-0.15, -0.1) is 0 Å². The Bertz CT molecular complexity index is 1280. The normalized spacial score (nSPS) is 10.6. The third-order valence-corrected chi connectivity index (χ3v) is 5.32. The van der Waals surface area contributed by atoms with Crippen LogP contribution in [0.4, 0.5) is 5.69 Å². The third kappa shape index (κ3) is 6.12. The van der Waals surface area contributed by atoms with Crippen LogP contribution < -0.4 is 20.2 Å². The van der Waals surface area contributed by atoms with Crippen molar-refractivity contribution in [2.75, 3.05) is 12.4 Å². The number of benzene rings is 3. The molecule has 0 fully saturated rings. The molecule has 0 saturated carbocycles. The lowest BCUT2D eigenvalue weighted by Crippen LogP contribution is -2.32. The van der Waals surface area contributed by atoms with Crippen LogP contribution in [0.1, 0.15) is 21.5 Å². The Morgan fingerprint density at radius 2 is 1.65 bits per heavy atom. The molecule has 0 heterocycles. The predicted octanol–water partition coefficient (Wildman–Crippen LogP) is 4.62. The molecule has 0 saturated heterocycles. The summed E-state index contributed by atoms with van der Waals surface area (Å²) in [4.78, 5) is 36.5. The maximum Gasteiger partial charge on any atom is 0.345 e. The van der Waals surface area contributed by atoms with Crippen molar-refractivity contribution in [2.45, 2.75) is 6.92 Å². The van der Waals surface area contributed by atoms with E-state index in [-0.39, 0.29) is 22.1 Å². The van der Waals surface area contributed by atoms with E-state index in [1.54, 1.807) is 61.5 Å². The summed E-state index contributed by atoms with van der Waals surface area (Å²) in [7, 11) is 1.41. The van der Waals surface area contributed by atoms with Crippen LogP contribution in [0, 0.1) is 6.92 Å². The van der Waals surface area contributed by atoms with Crippen LogP contribution in [-0.4, -0.2) is 31.1 Å². The van der Waals surface area contributed by atoms with Crippen LogP contribution in [-0.2, 0) is 9.59 Å². The van der Waals surface area contributed by atoms with Gasteiger partial charge in [-0.1, -0.05) is 41.4 Å². The summed E-state index contributed by atoms with van der Waals surface area (Å²) in [5, 5.41) is 6.98. The number of hydrazone groups is 1. The van der Waals surface area contributed by atoms with E-state index < -0.39 is 17.8 Å². The second kappa shape index (κ2) is 11.3. The number of halogens is 2. The first-order valence-electron chi connectivity index (χ1n) is 9.84. The predicted molar refractivity (Wildman–Crippen MR) is 130 cm³/mol. The molecule has 0 aliphatic carbocycles. The van der Waals surface area contributed by atoms with Crippen LogP contribution in [0.3, 0.4) is 0 Å². The van der Waals surface area contributed by atoms with E-state index in [4.69, 9.17) is 32.7 Å². The van der Waals surface area contributed by atoms with Gasteiger partial charge in [-0.2, -0.15) is 5.10 Å². The van der Waals surface area contributed by atoms with E-state index in [2.05, 4.69) is 15.8 Å². The lowest BCUT2D eigenvalue weighted by molar-refractivity contribution is -0.136. The first kappa shape index (κ1) is 24.8. The molecule has 174 valence electrons. The summed E-state index contributed by atoms with van der Waals surface area (Å²) in [6.07, 6.45) is 1.30. The maximum absolute atomic E-state index is 12.4. The lowest BCUT2D eigenvalue weighted by Gasteiger charge is -2.10. The fourth-order valence-electron chi connectivity index (χ4n) is 2.77. The Morgan fingerprint density at radius 1 is 0.912 bits per heavy atom. The first-order chi connectivity index (χ1) is 16.3. The van der Waals surface area contributed by atoms with Crippen LogP contribution in [0.15, 0.2) is 65.8 Å². The van der Waals surface area contributed by atoms with Gasteiger partial charge in [0, 0.05) is 10.7 Å². The average Bonchev–Trinajstić information content (AvgIpc) is 2.82. The fourth-order valence-corrected chi connectivity index (χ4v) is 3.16. The van der Waals surface area contributed by atoms with Crippen molar-refractivity contribution in [3.05, 3.63) is 87.4 Å². The summed E-state index contributed by atoms with van der Waals surface area (Å²) >= 11 is 12.0. The number of anilines is 1. The molecule has 0 radical (unpaired) electrons. The van der Waals surface area contributed by atoms with Crippen molar-refractivity contribution < 1.29 is 23.9 Å². The average molecular weight is 500 g/mol. The van der Waals surface area contributed by atoms with Gasteiger partial charge in [-0.05, 0) is 60.5 Å². The zero-order valence-electron chi connectivity index (χ0n) is 18.1. The molecule has 0 unspecified atom stereocenters. The molecular formula is C24H19Cl2N3O5. The number of hydrogen-bond donors (Lipinski definition) is 2. The highest BCUT2D eigenvalue weighted by Gasteiger charge is 2.16. The summed E-state index contributed by atoms with van der Waals surface area (Å²) in [5.74, 6) is -2.08. The molecule has 0 aliphatic rings. The van der Waals surface area contributed by atoms with Crippen LogP contribution in [0.2, 0.25) is 10.0 Å². The molecule has 3 aromatic rings. The number of amides is 2. The number of hydrogen-bond acceptors (Lipinski definition) is 6. The number of nitrogens with zero attached hydrogens (tertiary/aromatic N) is 1. The highest BCUT2D eigenvalue weighted by Crippen LogP contribution is 2.29. The van der Waals surface area contributed by atoms with Gasteiger partial charge in [0.2, 0.25) is 0 Å². The van der Waals surface area contributed by atoms with Gasteiger partial charge in [-0.3, -0.25) is 9.59 Å². The van der Waals surface area contributed by atoms with E-state index in [1.165, 1.54) is 19.4 Å².